The van der Waals surface area contributed by atoms with Gasteiger partial charge in [-0.3, -0.25) is 9.69 Å². The molecule has 148 valence electrons. The van der Waals surface area contributed by atoms with E-state index in [2.05, 4.69) is 41.0 Å². The normalized spacial score (nSPS) is 16.0. The monoisotopic (exact) mass is 409 g/mol. The van der Waals surface area contributed by atoms with E-state index in [1.807, 2.05) is 6.92 Å². The number of morpholine rings is 1. The van der Waals surface area contributed by atoms with Crippen LogP contribution in [0.5, 0.6) is 0 Å². The molecule has 7 nitrogen and oxygen atoms in total. The molecule has 3 N–H and O–H groups in total. The zero-order valence-electron chi connectivity index (χ0n) is 16.3. The Hall–Kier alpha value is -1.42. The number of aryl methyl sites for hydroxylation is 2. The molecule has 0 radical (unpaired) electrons. The second kappa shape index (κ2) is 8.30. The van der Waals surface area contributed by atoms with Crippen molar-refractivity contribution in [2.24, 2.45) is 0 Å². The molecule has 1 aliphatic rings. The Balaban J connectivity index is 1.55. The number of amides is 1. The van der Waals surface area contributed by atoms with E-state index >= 15 is 0 Å². The third-order valence-electron chi connectivity index (χ3n) is 4.95. The quantitative estimate of drug-likeness (QED) is 0.558. The van der Waals surface area contributed by atoms with Gasteiger partial charge in [0, 0.05) is 30.1 Å². The van der Waals surface area contributed by atoms with Crippen LogP contribution in [0.25, 0.3) is 10.2 Å². The fraction of sp³-hybridized carbons (Fsp3) is 0.611. The average Bonchev–Trinajstić information content (AvgIpc) is 2.93. The van der Waals surface area contributed by atoms with E-state index in [1.165, 1.54) is 16.6 Å². The largest absolute Gasteiger partial charge is 0.383 e. The van der Waals surface area contributed by atoms with Gasteiger partial charge in [0.05, 0.1) is 24.4 Å². The van der Waals surface area contributed by atoms with Crippen LogP contribution in [0.1, 0.15) is 24.3 Å². The number of nitrogen functional groups attached to an aromatic ring is 1. The van der Waals surface area contributed by atoms with Gasteiger partial charge >= 0.3 is 0 Å². The number of fused-ring (bicyclic) bond motifs is 1. The lowest BCUT2D eigenvalue weighted by Crippen LogP contribution is -2.55. The second-order valence-electron chi connectivity index (χ2n) is 7.33. The molecule has 3 rings (SSSR count). The maximum Gasteiger partial charge on any atom is 0.230 e. The molecule has 0 saturated carbocycles. The van der Waals surface area contributed by atoms with Crippen LogP contribution < -0.4 is 11.1 Å². The van der Waals surface area contributed by atoms with E-state index < -0.39 is 0 Å². The predicted molar refractivity (Wildman–Crippen MR) is 112 cm³/mol. The first-order valence-corrected chi connectivity index (χ1v) is 10.8. The molecule has 27 heavy (non-hydrogen) atoms. The molecule has 0 bridgehead atoms. The number of nitrogens with two attached hydrogens (primary N) is 1. The van der Waals surface area contributed by atoms with Gasteiger partial charge in [0.15, 0.2) is 5.16 Å². The van der Waals surface area contributed by atoms with Gasteiger partial charge in [-0.05, 0) is 33.3 Å². The number of rotatable bonds is 6. The van der Waals surface area contributed by atoms with Gasteiger partial charge in [-0.25, -0.2) is 9.97 Å². The highest BCUT2D eigenvalue weighted by Crippen LogP contribution is 2.33. The molecule has 0 spiro atoms. The molecule has 1 amide bonds. The second-order valence-corrected chi connectivity index (χ2v) is 9.48. The van der Waals surface area contributed by atoms with Gasteiger partial charge in [-0.1, -0.05) is 11.8 Å². The molecule has 2 aromatic heterocycles. The van der Waals surface area contributed by atoms with E-state index in [-0.39, 0.29) is 17.2 Å². The minimum absolute atomic E-state index is 0.0258. The van der Waals surface area contributed by atoms with Crippen LogP contribution in [0.15, 0.2) is 5.16 Å². The molecule has 0 unspecified atom stereocenters. The Morgan fingerprint density at radius 3 is 2.74 bits per heavy atom. The van der Waals surface area contributed by atoms with Crippen LogP contribution in [0.4, 0.5) is 5.82 Å². The van der Waals surface area contributed by atoms with Gasteiger partial charge in [0.2, 0.25) is 5.91 Å². The Morgan fingerprint density at radius 1 is 1.33 bits per heavy atom. The fourth-order valence-electron chi connectivity index (χ4n) is 3.10. The number of carbonyl (C=O) groups is 1. The van der Waals surface area contributed by atoms with Crippen molar-refractivity contribution in [2.45, 2.75) is 38.4 Å². The van der Waals surface area contributed by atoms with Crippen LogP contribution in [-0.2, 0) is 9.53 Å². The Kier molecular flexibility index (Phi) is 6.25. The number of hydrogen-bond donors (Lipinski definition) is 2. The molecule has 0 aromatic carbocycles. The minimum atomic E-state index is -0.101. The molecule has 1 fully saturated rings. The van der Waals surface area contributed by atoms with Gasteiger partial charge in [0.1, 0.15) is 10.6 Å². The SMILES string of the molecule is Cc1sc2nc(SCC(=O)NCC(C)(C)N3CCOCC3)nc(N)c2c1C. The first-order valence-electron chi connectivity index (χ1n) is 9.03. The Morgan fingerprint density at radius 2 is 2.04 bits per heavy atom. The highest BCUT2D eigenvalue weighted by atomic mass is 32.2. The summed E-state index contributed by atoms with van der Waals surface area (Å²) < 4.78 is 5.40. The van der Waals surface area contributed by atoms with Crippen molar-refractivity contribution in [3.05, 3.63) is 10.4 Å². The van der Waals surface area contributed by atoms with Crippen molar-refractivity contribution in [1.82, 2.24) is 20.2 Å². The molecule has 0 aliphatic carbocycles. The van der Waals surface area contributed by atoms with Gasteiger partial charge in [0.25, 0.3) is 0 Å². The smallest absolute Gasteiger partial charge is 0.230 e. The van der Waals surface area contributed by atoms with E-state index in [4.69, 9.17) is 10.5 Å². The van der Waals surface area contributed by atoms with Crippen molar-refractivity contribution in [2.75, 3.05) is 44.3 Å². The Bertz CT molecular complexity index is 831. The zero-order chi connectivity index (χ0) is 19.6. The average molecular weight is 410 g/mol. The van der Waals surface area contributed by atoms with Crippen LogP contribution in [-0.4, -0.2) is 64.9 Å². The van der Waals surface area contributed by atoms with E-state index in [1.54, 1.807) is 11.3 Å². The van der Waals surface area contributed by atoms with Crippen molar-refractivity contribution in [3.8, 4) is 0 Å². The molecular weight excluding hydrogens is 382 g/mol. The number of hydrogen-bond acceptors (Lipinski definition) is 8. The van der Waals surface area contributed by atoms with Crippen molar-refractivity contribution >= 4 is 45.0 Å². The zero-order valence-corrected chi connectivity index (χ0v) is 17.9. The number of carbonyl (C=O) groups excluding carboxylic acids is 1. The fourth-order valence-corrected chi connectivity index (χ4v) is 4.88. The number of nitrogens with one attached hydrogen (secondary N) is 1. The number of aromatic nitrogens is 2. The summed E-state index contributed by atoms with van der Waals surface area (Å²) in [5.74, 6) is 0.730. The first kappa shape index (κ1) is 20.3. The first-order chi connectivity index (χ1) is 12.8. The maximum atomic E-state index is 12.3. The van der Waals surface area contributed by atoms with Crippen molar-refractivity contribution in [1.29, 1.82) is 0 Å². The maximum absolute atomic E-state index is 12.3. The van der Waals surface area contributed by atoms with Crippen molar-refractivity contribution in [3.63, 3.8) is 0 Å². The highest BCUT2D eigenvalue weighted by molar-refractivity contribution is 7.99. The highest BCUT2D eigenvalue weighted by Gasteiger charge is 2.28. The van der Waals surface area contributed by atoms with Crippen LogP contribution >= 0.6 is 23.1 Å². The molecule has 2 aromatic rings. The number of anilines is 1. The topological polar surface area (TPSA) is 93.4 Å². The molecule has 0 atom stereocenters. The standard InChI is InChI=1S/C18H27N5O2S2/c1-11-12(2)27-16-14(11)15(19)21-17(22-16)26-9-13(24)20-10-18(3,4)23-5-7-25-8-6-23/h5-10H2,1-4H3,(H,20,24)(H2,19,21,22). The van der Waals surface area contributed by atoms with E-state index in [0.29, 0.717) is 17.5 Å². The summed E-state index contributed by atoms with van der Waals surface area (Å²) in [6.07, 6.45) is 0. The summed E-state index contributed by atoms with van der Waals surface area (Å²) in [5, 5.41) is 4.50. The molecule has 9 heteroatoms. The lowest BCUT2D eigenvalue weighted by molar-refractivity contribution is -0.119. The summed E-state index contributed by atoms with van der Waals surface area (Å²) in [4.78, 5) is 25.6. The summed E-state index contributed by atoms with van der Waals surface area (Å²) in [6.45, 7) is 12.2. The van der Waals surface area contributed by atoms with Gasteiger partial charge in [-0.2, -0.15) is 0 Å². The lowest BCUT2D eigenvalue weighted by atomic mass is 10.0. The predicted octanol–water partition coefficient (Wildman–Crippen LogP) is 2.21. The molecular formula is C18H27N5O2S2. The number of thioether (sulfide) groups is 1. The van der Waals surface area contributed by atoms with Gasteiger partial charge < -0.3 is 15.8 Å². The Labute approximate surface area is 168 Å². The van der Waals surface area contributed by atoms with E-state index in [9.17, 15) is 4.79 Å². The molecule has 3 heterocycles. The van der Waals surface area contributed by atoms with Crippen molar-refractivity contribution < 1.29 is 9.53 Å². The number of nitrogens with zero attached hydrogens (tertiary/aromatic N) is 3. The van der Waals surface area contributed by atoms with Crippen LogP contribution in [0.3, 0.4) is 0 Å². The third kappa shape index (κ3) is 4.71. The summed E-state index contributed by atoms with van der Waals surface area (Å²) in [5.41, 5.74) is 7.13. The summed E-state index contributed by atoms with van der Waals surface area (Å²) in [6, 6.07) is 0. The minimum Gasteiger partial charge on any atom is -0.383 e. The lowest BCUT2D eigenvalue weighted by Gasteiger charge is -2.40. The summed E-state index contributed by atoms with van der Waals surface area (Å²) >= 11 is 2.93. The van der Waals surface area contributed by atoms with Crippen LogP contribution in [0, 0.1) is 13.8 Å². The summed E-state index contributed by atoms with van der Waals surface area (Å²) in [7, 11) is 0. The number of thiophene rings is 1. The van der Waals surface area contributed by atoms with Crippen LogP contribution in [0.2, 0.25) is 0 Å². The molecule has 1 saturated heterocycles. The number of ether oxygens (including phenoxy) is 1. The van der Waals surface area contributed by atoms with E-state index in [0.717, 1.165) is 42.1 Å². The molecule has 1 aliphatic heterocycles. The third-order valence-corrected chi connectivity index (χ3v) is 6.90. The van der Waals surface area contributed by atoms with Gasteiger partial charge in [-0.15, -0.1) is 11.3 Å².